The molecule has 1 fully saturated rings. The van der Waals surface area contributed by atoms with Crippen LogP contribution in [0, 0.1) is 0 Å². The second-order valence-corrected chi connectivity index (χ2v) is 8.31. The number of nitrogens with zero attached hydrogens (tertiary/aromatic N) is 1. The van der Waals surface area contributed by atoms with E-state index < -0.39 is 0 Å². The highest BCUT2D eigenvalue weighted by Crippen LogP contribution is 2.38. The third-order valence-electron chi connectivity index (χ3n) is 6.00. The van der Waals surface area contributed by atoms with E-state index >= 15 is 0 Å². The van der Waals surface area contributed by atoms with Gasteiger partial charge in [0, 0.05) is 32.3 Å². The Balaban J connectivity index is 1.48. The van der Waals surface area contributed by atoms with Gasteiger partial charge in [-0.15, -0.1) is 0 Å². The normalized spacial score (nSPS) is 14.0. The Morgan fingerprint density at radius 2 is 1.74 bits per heavy atom. The van der Waals surface area contributed by atoms with E-state index in [1.807, 2.05) is 24.3 Å². The van der Waals surface area contributed by atoms with Gasteiger partial charge in [0.1, 0.15) is 12.4 Å². The van der Waals surface area contributed by atoms with Gasteiger partial charge in [-0.3, -0.25) is 9.69 Å². The summed E-state index contributed by atoms with van der Waals surface area (Å²) in [4.78, 5) is 14.9. The molecule has 8 nitrogen and oxygen atoms in total. The minimum atomic E-state index is -0.0984. The van der Waals surface area contributed by atoms with Crippen LogP contribution >= 0.6 is 0 Å². The second-order valence-electron chi connectivity index (χ2n) is 8.31. The number of nitrogens with one attached hydrogen (secondary N) is 1. The Morgan fingerprint density at radius 3 is 2.38 bits per heavy atom. The summed E-state index contributed by atoms with van der Waals surface area (Å²) in [5, 5.41) is 2.97. The SMILES string of the molecule is COc1cc(CC(=O)NCc2cccc(OCCN(C)C3CCOCC3)c2)cc(OC)c1OC. The lowest BCUT2D eigenvalue weighted by Crippen LogP contribution is -2.38. The average molecular weight is 473 g/mol. The summed E-state index contributed by atoms with van der Waals surface area (Å²) >= 11 is 0. The topological polar surface area (TPSA) is 78.5 Å². The van der Waals surface area contributed by atoms with Crippen LogP contribution in [0.2, 0.25) is 0 Å². The average Bonchev–Trinajstić information content (AvgIpc) is 2.87. The van der Waals surface area contributed by atoms with Crippen LogP contribution in [0.5, 0.6) is 23.0 Å². The van der Waals surface area contributed by atoms with Crippen LogP contribution in [0.4, 0.5) is 0 Å². The van der Waals surface area contributed by atoms with E-state index in [0.29, 0.717) is 36.4 Å². The molecule has 1 aliphatic rings. The molecule has 0 unspecified atom stereocenters. The highest BCUT2D eigenvalue weighted by Gasteiger charge is 2.18. The molecule has 1 saturated heterocycles. The molecule has 0 aliphatic carbocycles. The maximum absolute atomic E-state index is 12.6. The molecule has 1 amide bonds. The molecule has 0 saturated carbocycles. The molecule has 0 aromatic heterocycles. The Morgan fingerprint density at radius 1 is 1.03 bits per heavy atom. The molecule has 1 heterocycles. The quantitative estimate of drug-likeness (QED) is 0.509. The molecule has 0 atom stereocenters. The van der Waals surface area contributed by atoms with E-state index in [9.17, 15) is 4.79 Å². The minimum Gasteiger partial charge on any atom is -0.493 e. The van der Waals surface area contributed by atoms with Crippen molar-refractivity contribution in [2.45, 2.75) is 31.8 Å². The number of hydrogen-bond acceptors (Lipinski definition) is 7. The number of ether oxygens (including phenoxy) is 5. The summed E-state index contributed by atoms with van der Waals surface area (Å²) in [6, 6.07) is 12.0. The number of rotatable bonds is 12. The molecular formula is C26H36N2O6. The number of benzene rings is 2. The lowest BCUT2D eigenvalue weighted by atomic mass is 10.1. The molecule has 0 radical (unpaired) electrons. The van der Waals surface area contributed by atoms with Crippen molar-refractivity contribution in [1.29, 1.82) is 0 Å². The summed E-state index contributed by atoms with van der Waals surface area (Å²) in [7, 11) is 6.80. The summed E-state index contributed by atoms with van der Waals surface area (Å²) < 4.78 is 27.5. The molecule has 0 spiro atoms. The summed E-state index contributed by atoms with van der Waals surface area (Å²) in [5.41, 5.74) is 1.76. The minimum absolute atomic E-state index is 0.0984. The van der Waals surface area contributed by atoms with Crippen molar-refractivity contribution >= 4 is 5.91 Å². The lowest BCUT2D eigenvalue weighted by molar-refractivity contribution is -0.120. The van der Waals surface area contributed by atoms with E-state index in [2.05, 4.69) is 17.3 Å². The van der Waals surface area contributed by atoms with Crippen molar-refractivity contribution in [3.05, 3.63) is 47.5 Å². The van der Waals surface area contributed by atoms with E-state index in [-0.39, 0.29) is 12.3 Å². The van der Waals surface area contributed by atoms with E-state index in [4.69, 9.17) is 23.7 Å². The van der Waals surface area contributed by atoms with Gasteiger partial charge in [-0.25, -0.2) is 0 Å². The largest absolute Gasteiger partial charge is 0.493 e. The Labute approximate surface area is 202 Å². The molecule has 2 aromatic carbocycles. The van der Waals surface area contributed by atoms with Gasteiger partial charge in [-0.05, 0) is 55.3 Å². The number of methoxy groups -OCH3 is 3. The van der Waals surface area contributed by atoms with E-state index in [0.717, 1.165) is 49.5 Å². The Hall–Kier alpha value is -2.97. The van der Waals surface area contributed by atoms with Gasteiger partial charge in [-0.2, -0.15) is 0 Å². The van der Waals surface area contributed by atoms with Crippen molar-refractivity contribution in [2.24, 2.45) is 0 Å². The van der Waals surface area contributed by atoms with Crippen LogP contribution in [0.3, 0.4) is 0 Å². The maximum Gasteiger partial charge on any atom is 0.224 e. The molecule has 8 heteroatoms. The van der Waals surface area contributed by atoms with Crippen molar-refractivity contribution in [3.63, 3.8) is 0 Å². The molecule has 2 aromatic rings. The number of hydrogen-bond donors (Lipinski definition) is 1. The van der Waals surface area contributed by atoms with Crippen LogP contribution in [-0.2, 0) is 22.5 Å². The molecule has 1 aliphatic heterocycles. The molecular weight excluding hydrogens is 436 g/mol. The van der Waals surface area contributed by atoms with Gasteiger partial charge in [-0.1, -0.05) is 12.1 Å². The lowest BCUT2D eigenvalue weighted by Gasteiger charge is -2.31. The third kappa shape index (κ3) is 7.27. The predicted octanol–water partition coefficient (Wildman–Crippen LogP) is 3.06. The maximum atomic E-state index is 12.6. The summed E-state index contributed by atoms with van der Waals surface area (Å²) in [6.07, 6.45) is 2.34. The van der Waals surface area contributed by atoms with Crippen molar-refractivity contribution in [1.82, 2.24) is 10.2 Å². The zero-order valence-corrected chi connectivity index (χ0v) is 20.6. The fraction of sp³-hybridized carbons (Fsp3) is 0.500. The van der Waals surface area contributed by atoms with Gasteiger partial charge in [0.2, 0.25) is 11.7 Å². The van der Waals surface area contributed by atoms with Crippen LogP contribution < -0.4 is 24.3 Å². The fourth-order valence-corrected chi connectivity index (χ4v) is 4.05. The van der Waals surface area contributed by atoms with E-state index in [1.54, 1.807) is 33.5 Å². The van der Waals surface area contributed by atoms with Crippen LogP contribution in [0.1, 0.15) is 24.0 Å². The molecule has 34 heavy (non-hydrogen) atoms. The van der Waals surface area contributed by atoms with Crippen molar-refractivity contribution in [2.75, 3.05) is 54.7 Å². The van der Waals surface area contributed by atoms with Gasteiger partial charge in [0.05, 0.1) is 27.8 Å². The van der Waals surface area contributed by atoms with Crippen molar-refractivity contribution < 1.29 is 28.5 Å². The van der Waals surface area contributed by atoms with Crippen LogP contribution in [0.15, 0.2) is 36.4 Å². The molecule has 3 rings (SSSR count). The number of amides is 1. The monoisotopic (exact) mass is 472 g/mol. The van der Waals surface area contributed by atoms with E-state index in [1.165, 1.54) is 0 Å². The van der Waals surface area contributed by atoms with Gasteiger partial charge in [0.25, 0.3) is 0 Å². The molecule has 186 valence electrons. The van der Waals surface area contributed by atoms with Gasteiger partial charge < -0.3 is 29.0 Å². The number of likely N-dealkylation sites (N-methyl/N-ethyl adjacent to an activating group) is 1. The first-order chi connectivity index (χ1) is 16.5. The predicted molar refractivity (Wildman–Crippen MR) is 130 cm³/mol. The first-order valence-electron chi connectivity index (χ1n) is 11.6. The Bertz CT molecular complexity index is 904. The van der Waals surface area contributed by atoms with Crippen LogP contribution in [-0.4, -0.2) is 71.6 Å². The van der Waals surface area contributed by atoms with Gasteiger partial charge in [0.15, 0.2) is 11.5 Å². The molecule has 1 N–H and O–H groups in total. The van der Waals surface area contributed by atoms with Gasteiger partial charge >= 0.3 is 0 Å². The highest BCUT2D eigenvalue weighted by molar-refractivity contribution is 5.79. The smallest absolute Gasteiger partial charge is 0.224 e. The first kappa shape index (κ1) is 25.6. The first-order valence-corrected chi connectivity index (χ1v) is 11.6. The Kier molecular flexibility index (Phi) is 9.85. The van der Waals surface area contributed by atoms with Crippen molar-refractivity contribution in [3.8, 4) is 23.0 Å². The third-order valence-corrected chi connectivity index (χ3v) is 6.00. The molecule has 0 bridgehead atoms. The van der Waals surface area contributed by atoms with Crippen LogP contribution in [0.25, 0.3) is 0 Å². The zero-order chi connectivity index (χ0) is 24.3. The standard InChI is InChI=1S/C26H36N2O6/c1-28(21-8-11-33-12-9-21)10-13-34-22-7-5-6-19(14-22)18-27-25(29)17-20-15-23(30-2)26(32-4)24(16-20)31-3/h5-7,14-16,21H,8-13,17-18H2,1-4H3,(H,27,29). The second kappa shape index (κ2) is 13.1. The zero-order valence-electron chi connectivity index (χ0n) is 20.6. The summed E-state index contributed by atoms with van der Waals surface area (Å²) in [6.45, 7) is 3.57. The highest BCUT2D eigenvalue weighted by atomic mass is 16.5. The number of carbonyl (C=O) groups is 1. The number of carbonyl (C=O) groups excluding carboxylic acids is 1. The summed E-state index contributed by atoms with van der Waals surface area (Å²) in [5.74, 6) is 2.26. The fourth-order valence-electron chi connectivity index (χ4n) is 4.05.